The summed E-state index contributed by atoms with van der Waals surface area (Å²) in [4.78, 5) is 44.2. The topological polar surface area (TPSA) is 148 Å². The molecule has 164 valence electrons. The summed E-state index contributed by atoms with van der Waals surface area (Å²) in [5.41, 5.74) is 0.0704. The van der Waals surface area contributed by atoms with E-state index in [0.29, 0.717) is 0 Å². The van der Waals surface area contributed by atoms with Crippen LogP contribution in [0.25, 0.3) is 0 Å². The van der Waals surface area contributed by atoms with E-state index in [1.54, 1.807) is 13.8 Å². The van der Waals surface area contributed by atoms with Crippen LogP contribution in [0.15, 0.2) is 48.5 Å². The summed E-state index contributed by atoms with van der Waals surface area (Å²) < 4.78 is 15.8. The minimum atomic E-state index is -0.649. The lowest BCUT2D eigenvalue weighted by atomic mass is 10.2. The molecule has 0 fully saturated rings. The average Bonchev–Trinajstić information content (AvgIpc) is 2.73. The number of benzene rings is 2. The van der Waals surface area contributed by atoms with E-state index in [1.165, 1.54) is 48.5 Å². The van der Waals surface area contributed by atoms with E-state index in [4.69, 9.17) is 14.2 Å². The third kappa shape index (κ3) is 7.16. The van der Waals surface area contributed by atoms with Crippen molar-refractivity contribution < 1.29 is 33.6 Å². The fraction of sp³-hybridized carbons (Fsp3) is 0.300. The van der Waals surface area contributed by atoms with Crippen molar-refractivity contribution in [3.8, 4) is 0 Å². The number of non-ortho nitro benzene ring substituents is 2. The predicted molar refractivity (Wildman–Crippen MR) is 107 cm³/mol. The highest BCUT2D eigenvalue weighted by Crippen LogP contribution is 2.14. The Labute approximate surface area is 176 Å². The average molecular weight is 432 g/mol. The van der Waals surface area contributed by atoms with E-state index < -0.39 is 34.0 Å². The van der Waals surface area contributed by atoms with Crippen molar-refractivity contribution in [1.82, 2.24) is 0 Å². The molecule has 11 nitrogen and oxygen atoms in total. The van der Waals surface area contributed by atoms with Crippen LogP contribution in [-0.2, 0) is 14.2 Å². The third-order valence-corrected chi connectivity index (χ3v) is 3.95. The summed E-state index contributed by atoms with van der Waals surface area (Å²) in [5, 5.41) is 21.3. The van der Waals surface area contributed by atoms with Crippen molar-refractivity contribution in [3.05, 3.63) is 79.9 Å². The van der Waals surface area contributed by atoms with Crippen molar-refractivity contribution in [2.45, 2.75) is 26.1 Å². The largest absolute Gasteiger partial charge is 0.457 e. The standard InChI is InChI=1S/C20H20N2O9/c1-13(30-19(23)15-3-7-17(8-4-15)21(25)26)11-29-12-14(2)31-20(24)16-5-9-18(10-6-16)22(27)28/h3-10,13-14H,11-12H2,1-2H3. The first-order valence-electron chi connectivity index (χ1n) is 9.16. The van der Waals surface area contributed by atoms with Crippen molar-refractivity contribution in [2.75, 3.05) is 13.2 Å². The molecule has 2 aromatic rings. The molecule has 2 rings (SSSR count). The molecular weight excluding hydrogens is 412 g/mol. The van der Waals surface area contributed by atoms with E-state index in [9.17, 15) is 29.8 Å². The van der Waals surface area contributed by atoms with Gasteiger partial charge >= 0.3 is 11.9 Å². The Bertz CT molecular complexity index is 865. The predicted octanol–water partition coefficient (Wildman–Crippen LogP) is 3.31. The highest BCUT2D eigenvalue weighted by molar-refractivity contribution is 5.90. The molecule has 0 aromatic heterocycles. The molecule has 0 aliphatic heterocycles. The van der Waals surface area contributed by atoms with Gasteiger partial charge in [0.1, 0.15) is 12.2 Å². The lowest BCUT2D eigenvalue weighted by molar-refractivity contribution is -0.385. The highest BCUT2D eigenvalue weighted by atomic mass is 16.6. The number of nitro groups is 2. The molecule has 0 spiro atoms. The van der Waals surface area contributed by atoms with Gasteiger partial charge in [0.25, 0.3) is 11.4 Å². The zero-order chi connectivity index (χ0) is 23.0. The molecule has 0 aliphatic carbocycles. The Balaban J connectivity index is 1.73. The minimum absolute atomic E-state index is 0.0398. The van der Waals surface area contributed by atoms with Crippen LogP contribution in [0.3, 0.4) is 0 Å². The van der Waals surface area contributed by atoms with Gasteiger partial charge in [-0.3, -0.25) is 20.2 Å². The van der Waals surface area contributed by atoms with Gasteiger partial charge in [-0.1, -0.05) is 0 Å². The lowest BCUT2D eigenvalue weighted by Gasteiger charge is -2.17. The number of carbonyl (C=O) groups is 2. The molecule has 0 saturated heterocycles. The van der Waals surface area contributed by atoms with Crippen LogP contribution in [0.2, 0.25) is 0 Å². The highest BCUT2D eigenvalue weighted by Gasteiger charge is 2.17. The quantitative estimate of drug-likeness (QED) is 0.313. The van der Waals surface area contributed by atoms with Gasteiger partial charge in [0.05, 0.1) is 34.2 Å². The summed E-state index contributed by atoms with van der Waals surface area (Å²) in [6.45, 7) is 3.30. The van der Waals surface area contributed by atoms with Crippen LogP contribution < -0.4 is 0 Å². The number of hydrogen-bond acceptors (Lipinski definition) is 9. The second kappa shape index (κ2) is 10.8. The van der Waals surface area contributed by atoms with Gasteiger partial charge in [0.2, 0.25) is 0 Å². The van der Waals surface area contributed by atoms with Gasteiger partial charge in [-0.05, 0) is 38.1 Å². The summed E-state index contributed by atoms with van der Waals surface area (Å²) >= 11 is 0. The number of esters is 2. The molecular formula is C20H20N2O9. The maximum absolute atomic E-state index is 12.0. The zero-order valence-electron chi connectivity index (χ0n) is 16.8. The van der Waals surface area contributed by atoms with Gasteiger partial charge in [-0.2, -0.15) is 0 Å². The summed E-state index contributed by atoms with van der Waals surface area (Å²) in [6, 6.07) is 10.0. The monoisotopic (exact) mass is 432 g/mol. The number of nitrogens with zero attached hydrogens (tertiary/aromatic N) is 2. The summed E-state index contributed by atoms with van der Waals surface area (Å²) in [5.74, 6) is -1.30. The number of ether oxygens (including phenoxy) is 3. The van der Waals surface area contributed by atoms with E-state index in [1.807, 2.05) is 0 Å². The second-order valence-electron chi connectivity index (χ2n) is 6.58. The first kappa shape index (κ1) is 23.4. The van der Waals surface area contributed by atoms with Gasteiger partial charge < -0.3 is 14.2 Å². The van der Waals surface area contributed by atoms with Crippen molar-refractivity contribution in [3.63, 3.8) is 0 Å². The van der Waals surface area contributed by atoms with E-state index in [-0.39, 0.29) is 35.7 Å². The first-order valence-corrected chi connectivity index (χ1v) is 9.16. The molecule has 0 N–H and O–H groups in total. The minimum Gasteiger partial charge on any atom is -0.457 e. The maximum Gasteiger partial charge on any atom is 0.338 e. The van der Waals surface area contributed by atoms with Crippen LogP contribution >= 0.6 is 0 Å². The van der Waals surface area contributed by atoms with Crippen LogP contribution in [0.4, 0.5) is 11.4 Å². The van der Waals surface area contributed by atoms with Gasteiger partial charge in [-0.15, -0.1) is 0 Å². The third-order valence-electron chi connectivity index (χ3n) is 3.95. The molecule has 2 aromatic carbocycles. The molecule has 31 heavy (non-hydrogen) atoms. The van der Waals surface area contributed by atoms with E-state index in [2.05, 4.69) is 0 Å². The molecule has 0 bridgehead atoms. The van der Waals surface area contributed by atoms with Crippen LogP contribution in [0.5, 0.6) is 0 Å². The van der Waals surface area contributed by atoms with Crippen LogP contribution in [0, 0.1) is 20.2 Å². The Morgan fingerprint density at radius 2 is 1.06 bits per heavy atom. The Morgan fingerprint density at radius 1 is 0.742 bits per heavy atom. The molecule has 2 unspecified atom stereocenters. The fourth-order valence-electron chi connectivity index (χ4n) is 2.41. The summed E-state index contributed by atoms with van der Waals surface area (Å²) in [6.07, 6.45) is -1.22. The molecule has 0 heterocycles. The first-order chi connectivity index (χ1) is 14.7. The normalized spacial score (nSPS) is 12.5. The molecule has 0 saturated carbocycles. The van der Waals surface area contributed by atoms with E-state index in [0.717, 1.165) is 0 Å². The van der Waals surface area contributed by atoms with Gasteiger partial charge in [0.15, 0.2) is 0 Å². The lowest BCUT2D eigenvalue weighted by Crippen LogP contribution is -2.25. The van der Waals surface area contributed by atoms with Gasteiger partial charge in [0, 0.05) is 24.3 Å². The van der Waals surface area contributed by atoms with Crippen LogP contribution in [-0.4, -0.2) is 47.2 Å². The van der Waals surface area contributed by atoms with Crippen LogP contribution in [0.1, 0.15) is 34.6 Å². The number of carbonyl (C=O) groups excluding carboxylic acids is 2. The van der Waals surface area contributed by atoms with Crippen molar-refractivity contribution in [2.24, 2.45) is 0 Å². The summed E-state index contributed by atoms with van der Waals surface area (Å²) in [7, 11) is 0. The zero-order valence-corrected chi connectivity index (χ0v) is 16.8. The molecule has 11 heteroatoms. The Morgan fingerprint density at radius 3 is 1.35 bits per heavy atom. The number of hydrogen-bond donors (Lipinski definition) is 0. The van der Waals surface area contributed by atoms with E-state index >= 15 is 0 Å². The fourth-order valence-corrected chi connectivity index (χ4v) is 2.41. The number of nitro benzene ring substituents is 2. The second-order valence-corrected chi connectivity index (χ2v) is 6.58. The Hall–Kier alpha value is -3.86. The van der Waals surface area contributed by atoms with Gasteiger partial charge in [-0.25, -0.2) is 9.59 Å². The Kier molecular flexibility index (Phi) is 8.15. The molecule has 2 atom stereocenters. The molecule has 0 radical (unpaired) electrons. The van der Waals surface area contributed by atoms with Crippen molar-refractivity contribution in [1.29, 1.82) is 0 Å². The SMILES string of the molecule is CC(COCC(C)OC(=O)c1ccc([N+](=O)[O-])cc1)OC(=O)c1ccc([N+](=O)[O-])cc1. The maximum atomic E-state index is 12.0. The van der Waals surface area contributed by atoms with Crippen molar-refractivity contribution >= 4 is 23.3 Å². The molecule has 0 aliphatic rings. The smallest absolute Gasteiger partial charge is 0.338 e. The number of rotatable bonds is 10. The molecule has 0 amide bonds.